The molecule has 1 rings (SSSR count). The first-order chi connectivity index (χ1) is 5.70. The van der Waals surface area contributed by atoms with Gasteiger partial charge in [0.1, 0.15) is 6.61 Å². The summed E-state index contributed by atoms with van der Waals surface area (Å²) in [4.78, 5) is 0. The van der Waals surface area contributed by atoms with Crippen LogP contribution in [0.1, 0.15) is 19.3 Å². The summed E-state index contributed by atoms with van der Waals surface area (Å²) in [6.07, 6.45) is -0.130. The molecule has 1 fully saturated rings. The van der Waals surface area contributed by atoms with E-state index in [1.54, 1.807) is 0 Å². The highest BCUT2D eigenvalue weighted by Crippen LogP contribution is 2.33. The van der Waals surface area contributed by atoms with Crippen LogP contribution in [0, 0.1) is 5.92 Å². The van der Waals surface area contributed by atoms with Gasteiger partial charge in [-0.1, -0.05) is 0 Å². The maximum Gasteiger partial charge on any atom is 0.261 e. The maximum atomic E-state index is 11.5. The minimum absolute atomic E-state index is 0.238. The molecule has 1 aliphatic carbocycles. The molecule has 1 aliphatic rings. The van der Waals surface area contributed by atoms with Gasteiger partial charge in [-0.05, 0) is 25.2 Å². The lowest BCUT2D eigenvalue weighted by Crippen LogP contribution is -2.14. The number of alkyl halides is 2. The fraction of sp³-hybridized carbons (Fsp3) is 1.00. The minimum Gasteiger partial charge on any atom is -0.393 e. The van der Waals surface area contributed by atoms with Gasteiger partial charge in [-0.25, -0.2) is 8.78 Å². The van der Waals surface area contributed by atoms with Crippen LogP contribution in [0.5, 0.6) is 0 Å². The van der Waals surface area contributed by atoms with Gasteiger partial charge in [-0.15, -0.1) is 0 Å². The molecule has 1 saturated carbocycles. The summed E-state index contributed by atoms with van der Waals surface area (Å²) in [5.41, 5.74) is 0. The molecular formula is C8H14F2O2. The molecule has 12 heavy (non-hydrogen) atoms. The van der Waals surface area contributed by atoms with Crippen LogP contribution in [0.4, 0.5) is 8.78 Å². The van der Waals surface area contributed by atoms with Crippen molar-refractivity contribution in [2.45, 2.75) is 31.8 Å². The molecule has 0 aliphatic heterocycles. The van der Waals surface area contributed by atoms with Crippen LogP contribution in [0.2, 0.25) is 0 Å². The monoisotopic (exact) mass is 180 g/mol. The maximum absolute atomic E-state index is 11.5. The number of rotatable bonds is 6. The highest BCUT2D eigenvalue weighted by atomic mass is 19.3. The summed E-state index contributed by atoms with van der Waals surface area (Å²) >= 11 is 0. The Morgan fingerprint density at radius 3 is 2.58 bits per heavy atom. The number of aliphatic hydroxyl groups excluding tert-OH is 1. The summed E-state index contributed by atoms with van der Waals surface area (Å²) in [5.74, 6) is 0.403. The lowest BCUT2D eigenvalue weighted by Gasteiger charge is -2.08. The highest BCUT2D eigenvalue weighted by Gasteiger charge is 2.29. The summed E-state index contributed by atoms with van der Waals surface area (Å²) < 4.78 is 27.7. The van der Waals surface area contributed by atoms with Gasteiger partial charge in [0, 0.05) is 6.61 Å². The molecule has 1 unspecified atom stereocenters. The Morgan fingerprint density at radius 2 is 2.08 bits per heavy atom. The zero-order valence-corrected chi connectivity index (χ0v) is 6.88. The van der Waals surface area contributed by atoms with Gasteiger partial charge < -0.3 is 9.84 Å². The number of hydrogen-bond acceptors (Lipinski definition) is 2. The Morgan fingerprint density at radius 1 is 1.42 bits per heavy atom. The first-order valence-corrected chi connectivity index (χ1v) is 4.24. The Bertz CT molecular complexity index is 126. The Hall–Kier alpha value is -0.220. The van der Waals surface area contributed by atoms with Crippen LogP contribution >= 0.6 is 0 Å². The van der Waals surface area contributed by atoms with Crippen LogP contribution < -0.4 is 0 Å². The Balaban J connectivity index is 1.87. The fourth-order valence-electron chi connectivity index (χ4n) is 1.09. The van der Waals surface area contributed by atoms with Gasteiger partial charge in [0.05, 0.1) is 6.10 Å². The number of halogens is 2. The van der Waals surface area contributed by atoms with Crippen molar-refractivity contribution < 1.29 is 18.6 Å². The van der Waals surface area contributed by atoms with Gasteiger partial charge in [0.15, 0.2) is 0 Å². The van der Waals surface area contributed by atoms with E-state index in [0.717, 1.165) is 12.8 Å². The standard InChI is InChI=1S/C8H14F2O2/c9-8(10)5-12-4-3-7(11)6-1-2-6/h6-8,11H,1-5H2. The van der Waals surface area contributed by atoms with E-state index in [-0.39, 0.29) is 12.7 Å². The summed E-state index contributed by atoms with van der Waals surface area (Å²) in [6.45, 7) is -0.278. The SMILES string of the molecule is OC(CCOCC(F)F)C1CC1. The fourth-order valence-corrected chi connectivity index (χ4v) is 1.09. The quantitative estimate of drug-likeness (QED) is 0.626. The van der Waals surface area contributed by atoms with E-state index in [1.807, 2.05) is 0 Å². The van der Waals surface area contributed by atoms with Crippen molar-refractivity contribution in [3.05, 3.63) is 0 Å². The normalized spacial score (nSPS) is 20.0. The summed E-state index contributed by atoms with van der Waals surface area (Å²) in [7, 11) is 0. The largest absolute Gasteiger partial charge is 0.393 e. The minimum atomic E-state index is -2.40. The van der Waals surface area contributed by atoms with Crippen LogP contribution in [0.15, 0.2) is 0 Å². The molecule has 0 aromatic rings. The van der Waals surface area contributed by atoms with Gasteiger partial charge in [0.25, 0.3) is 6.43 Å². The van der Waals surface area contributed by atoms with Crippen molar-refractivity contribution in [1.82, 2.24) is 0 Å². The molecule has 72 valence electrons. The van der Waals surface area contributed by atoms with E-state index in [1.165, 1.54) is 0 Å². The molecule has 0 bridgehead atoms. The zero-order chi connectivity index (χ0) is 8.97. The molecular weight excluding hydrogens is 166 g/mol. The predicted octanol–water partition coefficient (Wildman–Crippen LogP) is 1.43. The summed E-state index contributed by atoms with van der Waals surface area (Å²) in [5, 5.41) is 9.29. The average Bonchev–Trinajstić information content (AvgIpc) is 2.79. The molecule has 1 atom stereocenters. The molecule has 1 N–H and O–H groups in total. The molecule has 0 amide bonds. The number of hydrogen-bond donors (Lipinski definition) is 1. The predicted molar refractivity (Wildman–Crippen MR) is 40.2 cm³/mol. The van der Waals surface area contributed by atoms with Crippen molar-refractivity contribution in [2.24, 2.45) is 5.92 Å². The summed E-state index contributed by atoms with van der Waals surface area (Å²) in [6, 6.07) is 0. The molecule has 0 saturated heterocycles. The lowest BCUT2D eigenvalue weighted by atomic mass is 10.2. The van der Waals surface area contributed by atoms with Crippen molar-refractivity contribution in [3.8, 4) is 0 Å². The second-order valence-corrected chi connectivity index (χ2v) is 3.16. The van der Waals surface area contributed by atoms with Crippen LogP contribution in [-0.4, -0.2) is 30.8 Å². The molecule has 0 aromatic carbocycles. The topological polar surface area (TPSA) is 29.5 Å². The Labute approximate surface area is 70.5 Å². The Kier molecular flexibility index (Phi) is 3.88. The molecule has 2 nitrogen and oxygen atoms in total. The molecule has 0 heterocycles. The van der Waals surface area contributed by atoms with E-state index in [9.17, 15) is 13.9 Å². The van der Waals surface area contributed by atoms with Crippen molar-refractivity contribution in [2.75, 3.05) is 13.2 Å². The van der Waals surface area contributed by atoms with Crippen LogP contribution in [-0.2, 0) is 4.74 Å². The molecule has 4 heteroatoms. The van der Waals surface area contributed by atoms with Crippen molar-refractivity contribution in [3.63, 3.8) is 0 Å². The van der Waals surface area contributed by atoms with Gasteiger partial charge in [0.2, 0.25) is 0 Å². The lowest BCUT2D eigenvalue weighted by molar-refractivity contribution is 0.00272. The molecule has 0 radical (unpaired) electrons. The third-order valence-electron chi connectivity index (χ3n) is 1.97. The third-order valence-corrected chi connectivity index (χ3v) is 1.97. The zero-order valence-electron chi connectivity index (χ0n) is 6.88. The molecule has 0 spiro atoms. The smallest absolute Gasteiger partial charge is 0.261 e. The highest BCUT2D eigenvalue weighted by molar-refractivity contribution is 4.80. The van der Waals surface area contributed by atoms with E-state index < -0.39 is 13.0 Å². The van der Waals surface area contributed by atoms with Crippen molar-refractivity contribution >= 4 is 0 Å². The molecule has 0 aromatic heterocycles. The van der Waals surface area contributed by atoms with E-state index >= 15 is 0 Å². The first-order valence-electron chi connectivity index (χ1n) is 4.24. The third kappa shape index (κ3) is 3.97. The van der Waals surface area contributed by atoms with Gasteiger partial charge >= 0.3 is 0 Å². The first kappa shape index (κ1) is 9.86. The second-order valence-electron chi connectivity index (χ2n) is 3.16. The van der Waals surface area contributed by atoms with Crippen LogP contribution in [0.25, 0.3) is 0 Å². The number of ether oxygens (including phenoxy) is 1. The average molecular weight is 180 g/mol. The van der Waals surface area contributed by atoms with E-state index in [2.05, 4.69) is 4.74 Å². The van der Waals surface area contributed by atoms with Crippen molar-refractivity contribution in [1.29, 1.82) is 0 Å². The van der Waals surface area contributed by atoms with E-state index in [4.69, 9.17) is 0 Å². The van der Waals surface area contributed by atoms with Gasteiger partial charge in [-0.3, -0.25) is 0 Å². The van der Waals surface area contributed by atoms with E-state index in [0.29, 0.717) is 12.3 Å². The van der Waals surface area contributed by atoms with Crippen LogP contribution in [0.3, 0.4) is 0 Å². The number of aliphatic hydroxyl groups is 1. The second kappa shape index (κ2) is 4.72. The van der Waals surface area contributed by atoms with Gasteiger partial charge in [-0.2, -0.15) is 0 Å².